The summed E-state index contributed by atoms with van der Waals surface area (Å²) in [6, 6.07) is 5.79. The van der Waals surface area contributed by atoms with Gasteiger partial charge in [-0.1, -0.05) is 19.1 Å². The first-order valence-corrected chi connectivity index (χ1v) is 6.62. The van der Waals surface area contributed by atoms with Gasteiger partial charge in [0.2, 0.25) is 0 Å². The molecular formula is C13H18BrNO3. The third-order valence-corrected chi connectivity index (χ3v) is 3.07. The van der Waals surface area contributed by atoms with Gasteiger partial charge in [-0.05, 0) is 35.5 Å². The number of hydrogen-bond donors (Lipinski definition) is 1. The molecule has 1 aromatic carbocycles. The Morgan fingerprint density at radius 1 is 1.50 bits per heavy atom. The zero-order valence-corrected chi connectivity index (χ0v) is 12.4. The van der Waals surface area contributed by atoms with Gasteiger partial charge in [-0.3, -0.25) is 0 Å². The minimum absolute atomic E-state index is 0.389. The van der Waals surface area contributed by atoms with E-state index >= 15 is 0 Å². The number of halogens is 1. The summed E-state index contributed by atoms with van der Waals surface area (Å²) >= 11 is 3.43. The van der Waals surface area contributed by atoms with Crippen LogP contribution in [0.15, 0.2) is 22.7 Å². The molecule has 0 saturated heterocycles. The Bertz CT molecular complexity index is 409. The van der Waals surface area contributed by atoms with Crippen molar-refractivity contribution in [3.63, 3.8) is 0 Å². The van der Waals surface area contributed by atoms with Crippen molar-refractivity contribution in [3.8, 4) is 5.75 Å². The van der Waals surface area contributed by atoms with E-state index in [1.165, 1.54) is 7.11 Å². The Balaban J connectivity index is 2.88. The topological polar surface area (TPSA) is 47.6 Å². The van der Waals surface area contributed by atoms with Crippen LogP contribution in [0.1, 0.15) is 19.4 Å². The lowest BCUT2D eigenvalue weighted by molar-refractivity contribution is -0.147. The van der Waals surface area contributed by atoms with Crippen LogP contribution < -0.4 is 10.1 Å². The molecule has 0 aliphatic carbocycles. The predicted molar refractivity (Wildman–Crippen MR) is 73.6 cm³/mol. The van der Waals surface area contributed by atoms with E-state index in [9.17, 15) is 4.79 Å². The predicted octanol–water partition coefficient (Wildman–Crippen LogP) is 2.50. The van der Waals surface area contributed by atoms with Crippen LogP contribution in [0.25, 0.3) is 0 Å². The molecule has 5 heteroatoms. The van der Waals surface area contributed by atoms with Crippen LogP contribution in [0.3, 0.4) is 0 Å². The van der Waals surface area contributed by atoms with E-state index in [1.807, 2.05) is 25.1 Å². The third kappa shape index (κ3) is 3.99. The van der Waals surface area contributed by atoms with Gasteiger partial charge in [0.05, 0.1) is 11.6 Å². The standard InChI is InChI=1S/C13H18BrNO3/c1-4-15-8-10-6-5-7-11(14)12(10)18-9(2)13(16)17-3/h5-7,9,15H,4,8H2,1-3H3. The van der Waals surface area contributed by atoms with Crippen LogP contribution in [-0.4, -0.2) is 25.7 Å². The largest absolute Gasteiger partial charge is 0.478 e. The normalized spacial score (nSPS) is 12.0. The van der Waals surface area contributed by atoms with Crippen molar-refractivity contribution in [1.29, 1.82) is 0 Å². The number of ether oxygens (including phenoxy) is 2. The summed E-state index contributed by atoms with van der Waals surface area (Å²) in [5.74, 6) is 0.288. The number of carbonyl (C=O) groups is 1. The highest BCUT2D eigenvalue weighted by molar-refractivity contribution is 9.10. The number of nitrogens with one attached hydrogen (secondary N) is 1. The molecule has 0 aromatic heterocycles. The molecule has 1 atom stereocenters. The lowest BCUT2D eigenvalue weighted by Gasteiger charge is -2.17. The van der Waals surface area contributed by atoms with E-state index in [-0.39, 0.29) is 5.97 Å². The van der Waals surface area contributed by atoms with Gasteiger partial charge in [0.1, 0.15) is 5.75 Å². The van der Waals surface area contributed by atoms with E-state index < -0.39 is 6.10 Å². The summed E-state index contributed by atoms with van der Waals surface area (Å²) in [4.78, 5) is 11.4. The number of esters is 1. The number of methoxy groups -OCH3 is 1. The first kappa shape index (κ1) is 15.0. The van der Waals surface area contributed by atoms with Gasteiger partial charge >= 0.3 is 5.97 Å². The van der Waals surface area contributed by atoms with Crippen LogP contribution >= 0.6 is 15.9 Å². The highest BCUT2D eigenvalue weighted by Crippen LogP contribution is 2.30. The quantitative estimate of drug-likeness (QED) is 0.819. The highest BCUT2D eigenvalue weighted by Gasteiger charge is 2.18. The van der Waals surface area contributed by atoms with Crippen molar-refractivity contribution in [2.75, 3.05) is 13.7 Å². The summed E-state index contributed by atoms with van der Waals surface area (Å²) < 4.78 is 11.1. The Hall–Kier alpha value is -1.07. The molecule has 0 radical (unpaired) electrons. The molecule has 1 N–H and O–H groups in total. The smallest absolute Gasteiger partial charge is 0.346 e. The van der Waals surface area contributed by atoms with E-state index in [2.05, 4.69) is 26.0 Å². The Morgan fingerprint density at radius 2 is 2.22 bits per heavy atom. The number of rotatable bonds is 6. The van der Waals surface area contributed by atoms with Crippen LogP contribution in [-0.2, 0) is 16.1 Å². The van der Waals surface area contributed by atoms with Crippen molar-refractivity contribution < 1.29 is 14.3 Å². The Kier molecular flexibility index (Phi) is 6.15. The first-order chi connectivity index (χ1) is 8.60. The second-order valence-corrected chi connectivity index (χ2v) is 4.65. The summed E-state index contributed by atoms with van der Waals surface area (Å²) in [5.41, 5.74) is 1.00. The molecule has 1 aromatic rings. The second-order valence-electron chi connectivity index (χ2n) is 3.79. The number of carbonyl (C=O) groups excluding carboxylic acids is 1. The summed E-state index contributed by atoms with van der Waals surface area (Å²) in [6.45, 7) is 5.27. The summed E-state index contributed by atoms with van der Waals surface area (Å²) in [7, 11) is 1.35. The first-order valence-electron chi connectivity index (χ1n) is 5.82. The molecule has 0 spiro atoms. The second kappa shape index (κ2) is 7.38. The molecular weight excluding hydrogens is 298 g/mol. The molecule has 0 amide bonds. The fourth-order valence-corrected chi connectivity index (χ4v) is 1.98. The van der Waals surface area contributed by atoms with Gasteiger partial charge in [-0.2, -0.15) is 0 Å². The molecule has 0 heterocycles. The van der Waals surface area contributed by atoms with Crippen LogP contribution in [0, 0.1) is 0 Å². The lowest BCUT2D eigenvalue weighted by atomic mass is 10.2. The van der Waals surface area contributed by atoms with Crippen molar-refractivity contribution in [2.45, 2.75) is 26.5 Å². The minimum Gasteiger partial charge on any atom is -0.478 e. The van der Waals surface area contributed by atoms with Crippen LogP contribution in [0.2, 0.25) is 0 Å². The monoisotopic (exact) mass is 315 g/mol. The highest BCUT2D eigenvalue weighted by atomic mass is 79.9. The van der Waals surface area contributed by atoms with E-state index in [4.69, 9.17) is 4.74 Å². The fourth-order valence-electron chi connectivity index (χ4n) is 1.48. The SMILES string of the molecule is CCNCc1cccc(Br)c1OC(C)C(=O)OC. The maximum atomic E-state index is 11.4. The molecule has 1 unspecified atom stereocenters. The maximum Gasteiger partial charge on any atom is 0.346 e. The average molecular weight is 316 g/mol. The molecule has 100 valence electrons. The van der Waals surface area contributed by atoms with Gasteiger partial charge in [0.25, 0.3) is 0 Å². The van der Waals surface area contributed by atoms with E-state index in [1.54, 1.807) is 6.92 Å². The molecule has 18 heavy (non-hydrogen) atoms. The lowest BCUT2D eigenvalue weighted by Crippen LogP contribution is -2.26. The van der Waals surface area contributed by atoms with Gasteiger partial charge in [-0.15, -0.1) is 0 Å². The van der Waals surface area contributed by atoms with Gasteiger partial charge in [-0.25, -0.2) is 4.79 Å². The Morgan fingerprint density at radius 3 is 2.83 bits per heavy atom. The third-order valence-electron chi connectivity index (χ3n) is 2.44. The number of benzene rings is 1. The van der Waals surface area contributed by atoms with Crippen molar-refractivity contribution in [3.05, 3.63) is 28.2 Å². The van der Waals surface area contributed by atoms with Crippen LogP contribution in [0.5, 0.6) is 5.75 Å². The van der Waals surface area contributed by atoms with Gasteiger partial charge in [0, 0.05) is 12.1 Å². The minimum atomic E-state index is -0.630. The summed E-state index contributed by atoms with van der Waals surface area (Å²) in [5, 5.41) is 3.23. The Labute approximate surface area is 116 Å². The average Bonchev–Trinajstić information content (AvgIpc) is 2.38. The molecule has 1 rings (SSSR count). The van der Waals surface area contributed by atoms with Crippen LogP contribution in [0.4, 0.5) is 0 Å². The molecule has 0 aliphatic rings. The molecule has 0 saturated carbocycles. The zero-order valence-electron chi connectivity index (χ0n) is 10.8. The van der Waals surface area contributed by atoms with Gasteiger partial charge in [0.15, 0.2) is 6.10 Å². The molecule has 0 aliphatic heterocycles. The molecule has 0 bridgehead atoms. The molecule has 4 nitrogen and oxygen atoms in total. The maximum absolute atomic E-state index is 11.4. The number of hydrogen-bond acceptors (Lipinski definition) is 4. The number of para-hydroxylation sites is 1. The van der Waals surface area contributed by atoms with E-state index in [0.29, 0.717) is 12.3 Å². The van der Waals surface area contributed by atoms with Crippen molar-refractivity contribution in [1.82, 2.24) is 5.32 Å². The summed E-state index contributed by atoms with van der Waals surface area (Å²) in [6.07, 6.45) is -0.630. The molecule has 0 fully saturated rings. The van der Waals surface area contributed by atoms with Crippen molar-refractivity contribution >= 4 is 21.9 Å². The van der Waals surface area contributed by atoms with Gasteiger partial charge < -0.3 is 14.8 Å². The van der Waals surface area contributed by atoms with Crippen molar-refractivity contribution in [2.24, 2.45) is 0 Å². The zero-order chi connectivity index (χ0) is 13.5. The fraction of sp³-hybridized carbons (Fsp3) is 0.462. The van der Waals surface area contributed by atoms with E-state index in [0.717, 1.165) is 16.6 Å².